The fraction of sp³-hybridized carbons (Fsp3) is 0.583. The lowest BCUT2D eigenvalue weighted by Crippen LogP contribution is -2.39. The molecule has 3 heterocycles. The van der Waals surface area contributed by atoms with Gasteiger partial charge < -0.3 is 4.90 Å². The van der Waals surface area contributed by atoms with Gasteiger partial charge in [0.1, 0.15) is 21.8 Å². The van der Waals surface area contributed by atoms with Gasteiger partial charge in [-0.1, -0.05) is 44.2 Å². The van der Waals surface area contributed by atoms with Crippen LogP contribution in [0.4, 0.5) is 5.82 Å². The van der Waals surface area contributed by atoms with Crippen LogP contribution < -0.4 is 10.5 Å². The molecular formula is C24H32N4O2S2. The van der Waals surface area contributed by atoms with Gasteiger partial charge in [-0.3, -0.25) is 19.1 Å². The van der Waals surface area contributed by atoms with Crippen LogP contribution in [0.1, 0.15) is 70.1 Å². The summed E-state index contributed by atoms with van der Waals surface area (Å²) < 4.78 is 2.31. The summed E-state index contributed by atoms with van der Waals surface area (Å²) in [5.74, 6) is 1.37. The van der Waals surface area contributed by atoms with Gasteiger partial charge in [-0.05, 0) is 57.6 Å². The van der Waals surface area contributed by atoms with Crippen molar-refractivity contribution < 1.29 is 4.79 Å². The van der Waals surface area contributed by atoms with E-state index in [4.69, 9.17) is 12.2 Å². The Hall–Kier alpha value is -2.11. The minimum Gasteiger partial charge on any atom is -0.357 e. The third-order valence-corrected chi connectivity index (χ3v) is 7.61. The molecule has 32 heavy (non-hydrogen) atoms. The predicted octanol–water partition coefficient (Wildman–Crippen LogP) is 4.67. The molecule has 0 atom stereocenters. The first kappa shape index (κ1) is 24.5. The zero-order valence-corrected chi connectivity index (χ0v) is 21.2. The van der Waals surface area contributed by atoms with E-state index in [0.29, 0.717) is 27.3 Å². The smallest absolute Gasteiger partial charge is 0.270 e. The van der Waals surface area contributed by atoms with Crippen LogP contribution in [0.2, 0.25) is 0 Å². The van der Waals surface area contributed by atoms with E-state index >= 15 is 0 Å². The highest BCUT2D eigenvalue weighted by Crippen LogP contribution is 2.37. The summed E-state index contributed by atoms with van der Waals surface area (Å²) in [6, 6.07) is 2.10. The zero-order valence-electron chi connectivity index (χ0n) is 19.6. The maximum Gasteiger partial charge on any atom is 0.270 e. The lowest BCUT2D eigenvalue weighted by atomic mass is 9.97. The maximum atomic E-state index is 13.3. The van der Waals surface area contributed by atoms with E-state index in [1.54, 1.807) is 9.47 Å². The SMILES string of the molecule is CCCCn1c(N2CCC(C)CC2)c(/C=C2/SC(=S)N(C(C)C)C2=O)c(C)c(C#N)c1=O. The second-order valence-corrected chi connectivity index (χ2v) is 10.7. The first-order valence-electron chi connectivity index (χ1n) is 11.4. The van der Waals surface area contributed by atoms with E-state index in [-0.39, 0.29) is 23.1 Å². The fourth-order valence-corrected chi connectivity index (χ4v) is 5.79. The molecule has 0 radical (unpaired) electrons. The lowest BCUT2D eigenvalue weighted by Gasteiger charge is -2.35. The summed E-state index contributed by atoms with van der Waals surface area (Å²) in [5, 5.41) is 9.78. The standard InChI is InChI=1S/C24H32N4O2S2/c1-6-7-10-27-21(26-11-8-16(4)9-12-26)18(17(5)19(14-25)22(27)29)13-20-23(30)28(15(2)3)24(31)32-20/h13,15-16H,6-12H2,1-5H3/b20-13+. The van der Waals surface area contributed by atoms with Crippen molar-refractivity contribution in [3.63, 3.8) is 0 Å². The largest absolute Gasteiger partial charge is 0.357 e. The van der Waals surface area contributed by atoms with Gasteiger partial charge in [0, 0.05) is 31.2 Å². The first-order valence-corrected chi connectivity index (χ1v) is 12.6. The summed E-state index contributed by atoms with van der Waals surface area (Å²) in [6.07, 6.45) is 5.75. The van der Waals surface area contributed by atoms with Crippen LogP contribution in [0.5, 0.6) is 0 Å². The Kier molecular flexibility index (Phi) is 7.84. The number of piperidine rings is 1. The fourth-order valence-electron chi connectivity index (χ4n) is 4.29. The van der Waals surface area contributed by atoms with Crippen molar-refractivity contribution in [3.05, 3.63) is 31.9 Å². The number of thioether (sulfide) groups is 1. The second kappa shape index (κ2) is 10.2. The molecule has 0 saturated carbocycles. The molecule has 0 N–H and O–H groups in total. The molecule has 172 valence electrons. The van der Waals surface area contributed by atoms with Crippen LogP contribution in [0.25, 0.3) is 6.08 Å². The van der Waals surface area contributed by atoms with Gasteiger partial charge in [0.25, 0.3) is 11.5 Å². The molecule has 0 spiro atoms. The average Bonchev–Trinajstić information content (AvgIpc) is 3.03. The Morgan fingerprint density at radius 1 is 1.28 bits per heavy atom. The van der Waals surface area contributed by atoms with E-state index < -0.39 is 0 Å². The van der Waals surface area contributed by atoms with Crippen molar-refractivity contribution in [2.75, 3.05) is 18.0 Å². The number of aromatic nitrogens is 1. The van der Waals surface area contributed by atoms with Gasteiger partial charge in [0.15, 0.2) is 0 Å². The van der Waals surface area contributed by atoms with Crippen LogP contribution in [0, 0.1) is 24.2 Å². The topological polar surface area (TPSA) is 69.3 Å². The number of hydrogen-bond acceptors (Lipinski definition) is 6. The summed E-state index contributed by atoms with van der Waals surface area (Å²) in [4.78, 5) is 30.8. The molecular weight excluding hydrogens is 440 g/mol. The zero-order chi connectivity index (χ0) is 23.6. The quantitative estimate of drug-likeness (QED) is 0.442. The molecule has 1 aromatic heterocycles. The molecule has 2 aliphatic rings. The molecule has 1 amide bonds. The van der Waals surface area contributed by atoms with Gasteiger partial charge in [0.2, 0.25) is 0 Å². The maximum absolute atomic E-state index is 13.3. The number of unbranched alkanes of at least 4 members (excludes halogenated alkanes) is 1. The third-order valence-electron chi connectivity index (χ3n) is 6.28. The molecule has 1 aromatic rings. The van der Waals surface area contributed by atoms with Crippen LogP contribution in [-0.4, -0.2) is 38.8 Å². The number of amides is 1. The number of rotatable bonds is 6. The number of nitrogens with zero attached hydrogens (tertiary/aromatic N) is 4. The van der Waals surface area contributed by atoms with Crippen LogP contribution in [-0.2, 0) is 11.3 Å². The Bertz CT molecular complexity index is 1040. The number of nitriles is 1. The van der Waals surface area contributed by atoms with Crippen molar-refractivity contribution >= 4 is 46.1 Å². The van der Waals surface area contributed by atoms with Gasteiger partial charge >= 0.3 is 0 Å². The molecule has 0 aromatic carbocycles. The Labute approximate surface area is 200 Å². The highest BCUT2D eigenvalue weighted by molar-refractivity contribution is 8.26. The van der Waals surface area contributed by atoms with Crippen LogP contribution in [0.15, 0.2) is 9.70 Å². The molecule has 2 aliphatic heterocycles. The van der Waals surface area contributed by atoms with Gasteiger partial charge in [-0.15, -0.1) is 0 Å². The number of hydrogen-bond donors (Lipinski definition) is 0. The molecule has 0 bridgehead atoms. The summed E-state index contributed by atoms with van der Waals surface area (Å²) >= 11 is 6.74. The molecule has 2 fully saturated rings. The Morgan fingerprint density at radius 3 is 2.47 bits per heavy atom. The normalized spacial score (nSPS) is 18.8. The Morgan fingerprint density at radius 2 is 1.94 bits per heavy atom. The minimum atomic E-state index is -0.237. The number of pyridine rings is 1. The van der Waals surface area contributed by atoms with E-state index in [0.717, 1.165) is 50.2 Å². The van der Waals surface area contributed by atoms with E-state index in [9.17, 15) is 14.9 Å². The Balaban J connectivity index is 2.24. The van der Waals surface area contributed by atoms with E-state index in [1.165, 1.54) is 11.8 Å². The highest BCUT2D eigenvalue weighted by Gasteiger charge is 2.35. The van der Waals surface area contributed by atoms with Crippen molar-refractivity contribution in [1.82, 2.24) is 9.47 Å². The molecule has 6 nitrogen and oxygen atoms in total. The number of thiocarbonyl (C=S) groups is 1. The van der Waals surface area contributed by atoms with Gasteiger partial charge in [-0.25, -0.2) is 0 Å². The molecule has 3 rings (SSSR count). The molecule has 2 saturated heterocycles. The highest BCUT2D eigenvalue weighted by atomic mass is 32.2. The predicted molar refractivity (Wildman–Crippen MR) is 136 cm³/mol. The third kappa shape index (κ3) is 4.65. The van der Waals surface area contributed by atoms with Crippen molar-refractivity contribution in [2.24, 2.45) is 5.92 Å². The van der Waals surface area contributed by atoms with Crippen molar-refractivity contribution in [2.45, 2.75) is 72.9 Å². The monoisotopic (exact) mass is 472 g/mol. The minimum absolute atomic E-state index is 0.0225. The van der Waals surface area contributed by atoms with Crippen LogP contribution >= 0.6 is 24.0 Å². The van der Waals surface area contributed by atoms with Gasteiger partial charge in [0.05, 0.1) is 4.91 Å². The average molecular weight is 473 g/mol. The second-order valence-electron chi connectivity index (χ2n) is 8.97. The van der Waals surface area contributed by atoms with Crippen molar-refractivity contribution in [3.8, 4) is 6.07 Å². The number of carbonyl (C=O) groups is 1. The number of carbonyl (C=O) groups excluding carboxylic acids is 1. The summed E-state index contributed by atoms with van der Waals surface area (Å²) in [7, 11) is 0. The number of anilines is 1. The van der Waals surface area contributed by atoms with Crippen LogP contribution in [0.3, 0.4) is 0 Å². The molecule has 0 unspecified atom stereocenters. The molecule has 8 heteroatoms. The molecule has 0 aliphatic carbocycles. The summed E-state index contributed by atoms with van der Waals surface area (Å²) in [5.41, 5.74) is 1.34. The van der Waals surface area contributed by atoms with Gasteiger partial charge in [-0.2, -0.15) is 5.26 Å². The summed E-state index contributed by atoms with van der Waals surface area (Å²) in [6.45, 7) is 12.3. The van der Waals surface area contributed by atoms with E-state index in [2.05, 4.69) is 24.8 Å². The van der Waals surface area contributed by atoms with Crippen molar-refractivity contribution in [1.29, 1.82) is 5.26 Å². The van der Waals surface area contributed by atoms with E-state index in [1.807, 2.05) is 26.8 Å². The first-order chi connectivity index (χ1) is 15.2. The lowest BCUT2D eigenvalue weighted by molar-refractivity contribution is -0.123.